The van der Waals surface area contributed by atoms with Crippen LogP contribution in [0.5, 0.6) is 5.75 Å². The molecule has 1 aromatic rings. The van der Waals surface area contributed by atoms with Crippen LogP contribution in [0.15, 0.2) is 18.2 Å². The summed E-state index contributed by atoms with van der Waals surface area (Å²) in [4.78, 5) is 24.5. The molecule has 5 heteroatoms. The van der Waals surface area contributed by atoms with Crippen molar-refractivity contribution in [3.63, 3.8) is 0 Å². The summed E-state index contributed by atoms with van der Waals surface area (Å²) < 4.78 is 0. The topological polar surface area (TPSA) is 69.6 Å². The van der Waals surface area contributed by atoms with Crippen LogP contribution in [0.2, 0.25) is 0 Å². The molecule has 1 fully saturated rings. The first kappa shape index (κ1) is 12.6. The number of phenols is 1. The summed E-state index contributed by atoms with van der Waals surface area (Å²) in [7, 11) is 0. The van der Waals surface area contributed by atoms with Crippen molar-refractivity contribution in [2.45, 2.75) is 13.5 Å². The van der Waals surface area contributed by atoms with Crippen molar-refractivity contribution in [2.75, 3.05) is 19.6 Å². The molecule has 1 aromatic carbocycles. The largest absolute Gasteiger partial charge is 0.508 e. The Labute approximate surface area is 105 Å². The molecule has 2 rings (SSSR count). The number of amides is 1. The number of piperazine rings is 1. The molecule has 1 amide bonds. The van der Waals surface area contributed by atoms with Gasteiger partial charge in [0.05, 0.1) is 6.54 Å². The van der Waals surface area contributed by atoms with Gasteiger partial charge >= 0.3 is 0 Å². The number of Topliss-reactive ketones (excluding diaryl/α,β-unsaturated/α-hetero) is 1. The predicted molar refractivity (Wildman–Crippen MR) is 66.4 cm³/mol. The summed E-state index contributed by atoms with van der Waals surface area (Å²) in [5.74, 6) is 0.113. The van der Waals surface area contributed by atoms with Crippen LogP contribution in [-0.2, 0) is 11.3 Å². The normalized spacial score (nSPS) is 16.4. The third-order valence-electron chi connectivity index (χ3n) is 3.00. The van der Waals surface area contributed by atoms with Crippen LogP contribution in [0.4, 0.5) is 0 Å². The van der Waals surface area contributed by atoms with Gasteiger partial charge in [0.15, 0.2) is 5.78 Å². The Morgan fingerprint density at radius 1 is 1.50 bits per heavy atom. The van der Waals surface area contributed by atoms with E-state index in [9.17, 15) is 14.7 Å². The number of hydrogen-bond donors (Lipinski definition) is 2. The lowest BCUT2D eigenvalue weighted by Crippen LogP contribution is -2.47. The zero-order valence-corrected chi connectivity index (χ0v) is 10.3. The average molecular weight is 248 g/mol. The van der Waals surface area contributed by atoms with Gasteiger partial charge in [0.1, 0.15) is 5.75 Å². The van der Waals surface area contributed by atoms with Crippen LogP contribution in [0, 0.1) is 0 Å². The first-order valence-corrected chi connectivity index (χ1v) is 5.88. The zero-order valence-electron chi connectivity index (χ0n) is 10.3. The Balaban J connectivity index is 2.14. The molecule has 0 atom stereocenters. The van der Waals surface area contributed by atoms with E-state index in [1.165, 1.54) is 13.0 Å². The lowest BCUT2D eigenvalue weighted by Gasteiger charge is -2.26. The fraction of sp³-hybridized carbons (Fsp3) is 0.385. The lowest BCUT2D eigenvalue weighted by atomic mass is 10.1. The van der Waals surface area contributed by atoms with E-state index in [4.69, 9.17) is 0 Å². The summed E-state index contributed by atoms with van der Waals surface area (Å²) in [5, 5.41) is 12.5. The van der Waals surface area contributed by atoms with Gasteiger partial charge in [-0.3, -0.25) is 14.5 Å². The molecule has 1 aliphatic heterocycles. The summed E-state index contributed by atoms with van der Waals surface area (Å²) in [6, 6.07) is 4.81. The standard InChI is InChI=1S/C13H16N2O3/c1-9(16)10-2-3-12(17)11(6-10)7-15-5-4-14-13(18)8-15/h2-3,6,17H,4-5,7-8H2,1H3,(H,14,18). The van der Waals surface area contributed by atoms with Gasteiger partial charge in [-0.15, -0.1) is 0 Å². The van der Waals surface area contributed by atoms with Crippen molar-refractivity contribution in [1.82, 2.24) is 10.2 Å². The first-order chi connectivity index (χ1) is 8.56. The van der Waals surface area contributed by atoms with Gasteiger partial charge in [-0.1, -0.05) is 0 Å². The average Bonchev–Trinajstić information content (AvgIpc) is 2.31. The molecule has 0 aliphatic carbocycles. The monoisotopic (exact) mass is 248 g/mol. The maximum Gasteiger partial charge on any atom is 0.234 e. The number of phenolic OH excluding ortho intramolecular Hbond substituents is 1. The van der Waals surface area contributed by atoms with E-state index in [0.717, 1.165) is 6.54 Å². The van der Waals surface area contributed by atoms with Crippen molar-refractivity contribution >= 4 is 11.7 Å². The zero-order chi connectivity index (χ0) is 13.1. The molecule has 5 nitrogen and oxygen atoms in total. The van der Waals surface area contributed by atoms with Crippen LogP contribution in [0.25, 0.3) is 0 Å². The van der Waals surface area contributed by atoms with E-state index in [1.807, 2.05) is 4.90 Å². The molecule has 1 saturated heterocycles. The lowest BCUT2D eigenvalue weighted by molar-refractivity contribution is -0.124. The van der Waals surface area contributed by atoms with E-state index >= 15 is 0 Å². The Morgan fingerprint density at radius 3 is 2.94 bits per heavy atom. The van der Waals surface area contributed by atoms with Crippen molar-refractivity contribution in [3.8, 4) is 5.75 Å². The quantitative estimate of drug-likeness (QED) is 0.765. The van der Waals surface area contributed by atoms with Gasteiger partial charge < -0.3 is 10.4 Å². The number of ketones is 1. The number of aromatic hydroxyl groups is 1. The number of carbonyl (C=O) groups excluding carboxylic acids is 2. The number of rotatable bonds is 3. The second-order valence-electron chi connectivity index (χ2n) is 4.46. The first-order valence-electron chi connectivity index (χ1n) is 5.88. The highest BCUT2D eigenvalue weighted by Gasteiger charge is 2.17. The maximum absolute atomic E-state index is 11.3. The predicted octanol–water partition coefficient (Wildman–Crippen LogP) is 0.527. The summed E-state index contributed by atoms with van der Waals surface area (Å²) >= 11 is 0. The molecule has 0 saturated carbocycles. The summed E-state index contributed by atoms with van der Waals surface area (Å²) in [5.41, 5.74) is 1.25. The highest BCUT2D eigenvalue weighted by atomic mass is 16.3. The molecule has 1 heterocycles. The van der Waals surface area contributed by atoms with Crippen molar-refractivity contribution < 1.29 is 14.7 Å². The highest BCUT2D eigenvalue weighted by Crippen LogP contribution is 2.20. The second kappa shape index (κ2) is 5.18. The Bertz CT molecular complexity index is 485. The Kier molecular flexibility index (Phi) is 3.62. The van der Waals surface area contributed by atoms with Crippen LogP contribution in [-0.4, -0.2) is 41.3 Å². The molecule has 96 valence electrons. The van der Waals surface area contributed by atoms with Gasteiger partial charge in [-0.05, 0) is 25.1 Å². The van der Waals surface area contributed by atoms with E-state index < -0.39 is 0 Å². The van der Waals surface area contributed by atoms with Crippen molar-refractivity contribution in [3.05, 3.63) is 29.3 Å². The Hall–Kier alpha value is -1.88. The van der Waals surface area contributed by atoms with Crippen LogP contribution >= 0.6 is 0 Å². The van der Waals surface area contributed by atoms with Gasteiger partial charge in [-0.25, -0.2) is 0 Å². The van der Waals surface area contributed by atoms with E-state index in [-0.39, 0.29) is 17.4 Å². The molecule has 0 spiro atoms. The number of nitrogens with zero attached hydrogens (tertiary/aromatic N) is 1. The van der Waals surface area contributed by atoms with Gasteiger partial charge in [0.25, 0.3) is 0 Å². The summed E-state index contributed by atoms with van der Waals surface area (Å²) in [6.07, 6.45) is 0. The van der Waals surface area contributed by atoms with Crippen LogP contribution in [0.1, 0.15) is 22.8 Å². The second-order valence-corrected chi connectivity index (χ2v) is 4.46. The fourth-order valence-corrected chi connectivity index (χ4v) is 2.00. The van der Waals surface area contributed by atoms with Crippen LogP contribution in [0.3, 0.4) is 0 Å². The smallest absolute Gasteiger partial charge is 0.234 e. The third kappa shape index (κ3) is 2.87. The summed E-state index contributed by atoms with van der Waals surface area (Å²) in [6.45, 7) is 3.65. The molecule has 1 aliphatic rings. The van der Waals surface area contributed by atoms with Crippen molar-refractivity contribution in [1.29, 1.82) is 0 Å². The van der Waals surface area contributed by atoms with Gasteiger partial charge in [0.2, 0.25) is 5.91 Å². The number of hydrogen-bond acceptors (Lipinski definition) is 4. The number of nitrogens with one attached hydrogen (secondary N) is 1. The van der Waals surface area contributed by atoms with E-state index in [2.05, 4.69) is 5.32 Å². The van der Waals surface area contributed by atoms with Crippen molar-refractivity contribution in [2.24, 2.45) is 0 Å². The minimum Gasteiger partial charge on any atom is -0.508 e. The minimum absolute atomic E-state index is 0.0107. The van der Waals surface area contributed by atoms with Crippen LogP contribution < -0.4 is 5.32 Å². The van der Waals surface area contributed by atoms with E-state index in [1.54, 1.807) is 12.1 Å². The molecule has 0 unspecified atom stereocenters. The molecule has 2 N–H and O–H groups in total. The molecule has 0 aromatic heterocycles. The number of carbonyl (C=O) groups is 2. The minimum atomic E-state index is -0.0346. The highest BCUT2D eigenvalue weighted by molar-refractivity contribution is 5.94. The Morgan fingerprint density at radius 2 is 2.28 bits per heavy atom. The molecular weight excluding hydrogens is 232 g/mol. The van der Waals surface area contributed by atoms with E-state index in [0.29, 0.717) is 30.8 Å². The molecule has 0 bridgehead atoms. The fourth-order valence-electron chi connectivity index (χ4n) is 2.00. The molecular formula is C13H16N2O3. The SMILES string of the molecule is CC(=O)c1ccc(O)c(CN2CCNC(=O)C2)c1. The maximum atomic E-state index is 11.3. The van der Waals surface area contributed by atoms with Gasteiger partial charge in [-0.2, -0.15) is 0 Å². The molecule has 0 radical (unpaired) electrons. The van der Waals surface area contributed by atoms with Gasteiger partial charge in [0, 0.05) is 30.8 Å². The third-order valence-corrected chi connectivity index (χ3v) is 3.00. The number of benzene rings is 1. The molecule has 18 heavy (non-hydrogen) atoms.